The fourth-order valence-corrected chi connectivity index (χ4v) is 2.35. The lowest BCUT2D eigenvalue weighted by atomic mass is 10.1. The molecule has 26 heavy (non-hydrogen) atoms. The molecule has 0 aliphatic carbocycles. The number of amides is 2. The summed E-state index contributed by atoms with van der Waals surface area (Å²) in [5, 5.41) is 5.69. The van der Waals surface area contributed by atoms with E-state index in [2.05, 4.69) is 29.4 Å². The molecule has 2 amide bonds. The first-order valence-electron chi connectivity index (χ1n) is 9.11. The van der Waals surface area contributed by atoms with Crippen LogP contribution >= 0.6 is 0 Å². The van der Waals surface area contributed by atoms with Crippen LogP contribution in [-0.4, -0.2) is 63.2 Å². The third-order valence-corrected chi connectivity index (χ3v) is 3.98. The molecule has 1 aromatic carbocycles. The molecule has 0 bridgehead atoms. The second kappa shape index (κ2) is 12.3. The molecule has 0 spiro atoms. The summed E-state index contributed by atoms with van der Waals surface area (Å²) in [6.07, 6.45) is 0.382. The Morgan fingerprint density at radius 2 is 1.85 bits per heavy atom. The molecule has 0 saturated carbocycles. The highest BCUT2D eigenvalue weighted by atomic mass is 16.5. The van der Waals surface area contributed by atoms with Gasteiger partial charge in [0.1, 0.15) is 12.4 Å². The van der Waals surface area contributed by atoms with Crippen LogP contribution in [0.2, 0.25) is 0 Å². The molecule has 2 N–H and O–H groups in total. The summed E-state index contributed by atoms with van der Waals surface area (Å²) in [7, 11) is 1.59. The van der Waals surface area contributed by atoms with E-state index in [1.165, 1.54) is 0 Å². The fraction of sp³-hybridized carbons (Fsp3) is 0.579. The quantitative estimate of drug-likeness (QED) is 0.555. The Morgan fingerprint density at radius 1 is 1.12 bits per heavy atom. The molecule has 7 heteroatoms. The highest BCUT2D eigenvalue weighted by molar-refractivity contribution is 5.98. The zero-order chi connectivity index (χ0) is 19.4. The van der Waals surface area contributed by atoms with Crippen molar-refractivity contribution in [3.8, 4) is 5.75 Å². The molecule has 1 aromatic rings. The van der Waals surface area contributed by atoms with Crippen LogP contribution in [0.1, 0.15) is 37.6 Å². The van der Waals surface area contributed by atoms with Crippen LogP contribution in [0.5, 0.6) is 5.75 Å². The van der Waals surface area contributed by atoms with Gasteiger partial charge in [-0.15, -0.1) is 0 Å². The van der Waals surface area contributed by atoms with Crippen molar-refractivity contribution >= 4 is 17.5 Å². The third kappa shape index (κ3) is 7.41. The van der Waals surface area contributed by atoms with Crippen LogP contribution in [0.25, 0.3) is 0 Å². The van der Waals surface area contributed by atoms with Gasteiger partial charge in [-0.2, -0.15) is 0 Å². The van der Waals surface area contributed by atoms with Crippen LogP contribution in [0.3, 0.4) is 0 Å². The standard InChI is InChI=1S/C19H31N3O4/c1-5-18(23)21-15-8-9-16(17(14-15)26-13-12-25-4)19(24)20-10-11-22(6-2)7-3/h8-9,14H,5-7,10-13H2,1-4H3,(H,20,24)(H,21,23). The van der Waals surface area contributed by atoms with Crippen LogP contribution in [0, 0.1) is 0 Å². The molecule has 0 heterocycles. The minimum absolute atomic E-state index is 0.0933. The van der Waals surface area contributed by atoms with Crippen LogP contribution in [-0.2, 0) is 9.53 Å². The van der Waals surface area contributed by atoms with E-state index in [9.17, 15) is 9.59 Å². The minimum Gasteiger partial charge on any atom is -0.490 e. The van der Waals surface area contributed by atoms with E-state index in [1.807, 2.05) is 0 Å². The Kier molecular flexibility index (Phi) is 10.3. The monoisotopic (exact) mass is 365 g/mol. The van der Waals surface area contributed by atoms with Crippen molar-refractivity contribution in [1.82, 2.24) is 10.2 Å². The van der Waals surface area contributed by atoms with Crippen molar-refractivity contribution in [2.75, 3.05) is 51.8 Å². The van der Waals surface area contributed by atoms with Crippen molar-refractivity contribution in [2.45, 2.75) is 27.2 Å². The lowest BCUT2D eigenvalue weighted by Crippen LogP contribution is -2.35. The van der Waals surface area contributed by atoms with Crippen LogP contribution in [0.15, 0.2) is 18.2 Å². The Hall–Kier alpha value is -2.12. The van der Waals surface area contributed by atoms with Crippen LogP contribution < -0.4 is 15.4 Å². The molecule has 0 aromatic heterocycles. The average Bonchev–Trinajstić information content (AvgIpc) is 2.65. The summed E-state index contributed by atoms with van der Waals surface area (Å²) >= 11 is 0. The molecule has 146 valence electrons. The highest BCUT2D eigenvalue weighted by Crippen LogP contribution is 2.24. The zero-order valence-electron chi connectivity index (χ0n) is 16.3. The molecular weight excluding hydrogens is 334 g/mol. The molecule has 0 fully saturated rings. The van der Waals surface area contributed by atoms with Gasteiger partial charge in [0.15, 0.2) is 0 Å². The fourth-order valence-electron chi connectivity index (χ4n) is 2.35. The van der Waals surface area contributed by atoms with Gasteiger partial charge >= 0.3 is 0 Å². The highest BCUT2D eigenvalue weighted by Gasteiger charge is 2.14. The smallest absolute Gasteiger partial charge is 0.255 e. The molecule has 0 aliphatic heterocycles. The summed E-state index contributed by atoms with van der Waals surface area (Å²) in [6, 6.07) is 5.04. The van der Waals surface area contributed by atoms with Gasteiger partial charge in [0.05, 0.1) is 12.2 Å². The zero-order valence-corrected chi connectivity index (χ0v) is 16.3. The number of nitrogens with zero attached hydrogens (tertiary/aromatic N) is 1. The first-order valence-corrected chi connectivity index (χ1v) is 9.11. The summed E-state index contributed by atoms with van der Waals surface area (Å²) < 4.78 is 10.7. The molecule has 7 nitrogen and oxygen atoms in total. The molecule has 0 saturated heterocycles. The maximum atomic E-state index is 12.5. The maximum Gasteiger partial charge on any atom is 0.255 e. The molecule has 1 rings (SSSR count). The summed E-state index contributed by atoms with van der Waals surface area (Å²) in [6.45, 7) is 9.95. The van der Waals surface area contributed by atoms with Crippen molar-refractivity contribution in [3.63, 3.8) is 0 Å². The number of hydrogen-bond donors (Lipinski definition) is 2. The number of nitrogens with one attached hydrogen (secondary N) is 2. The molecule has 0 radical (unpaired) electrons. The second-order valence-corrected chi connectivity index (χ2v) is 5.74. The van der Waals surface area contributed by atoms with Crippen molar-refractivity contribution < 1.29 is 19.1 Å². The number of benzene rings is 1. The lowest BCUT2D eigenvalue weighted by Gasteiger charge is -2.18. The number of anilines is 1. The van der Waals surface area contributed by atoms with Gasteiger partial charge < -0.3 is 25.0 Å². The van der Waals surface area contributed by atoms with Crippen molar-refractivity contribution in [1.29, 1.82) is 0 Å². The van der Waals surface area contributed by atoms with Crippen molar-refractivity contribution in [2.24, 2.45) is 0 Å². The SMILES string of the molecule is CCC(=O)Nc1ccc(C(=O)NCCN(CC)CC)c(OCCOC)c1. The van der Waals surface area contributed by atoms with E-state index in [-0.39, 0.29) is 11.8 Å². The van der Waals surface area contributed by atoms with Gasteiger partial charge in [-0.1, -0.05) is 20.8 Å². The lowest BCUT2D eigenvalue weighted by molar-refractivity contribution is -0.115. The Labute approximate surface area is 156 Å². The number of hydrogen-bond acceptors (Lipinski definition) is 5. The van der Waals surface area contributed by atoms with Gasteiger partial charge in [0, 0.05) is 38.4 Å². The average molecular weight is 365 g/mol. The summed E-state index contributed by atoms with van der Waals surface area (Å²) in [5.74, 6) is 0.137. The van der Waals surface area contributed by atoms with E-state index in [0.29, 0.717) is 43.2 Å². The van der Waals surface area contributed by atoms with E-state index in [0.717, 1.165) is 19.6 Å². The number of likely N-dealkylation sites (N-methyl/N-ethyl adjacent to an activating group) is 1. The van der Waals surface area contributed by atoms with E-state index in [4.69, 9.17) is 9.47 Å². The number of methoxy groups -OCH3 is 1. The third-order valence-electron chi connectivity index (χ3n) is 3.98. The number of carbonyl (C=O) groups excluding carboxylic acids is 2. The molecule has 0 atom stereocenters. The number of carbonyl (C=O) groups is 2. The maximum absolute atomic E-state index is 12.5. The van der Waals surface area contributed by atoms with Gasteiger partial charge in [0.2, 0.25) is 5.91 Å². The topological polar surface area (TPSA) is 79.9 Å². The largest absolute Gasteiger partial charge is 0.490 e. The van der Waals surface area contributed by atoms with Crippen molar-refractivity contribution in [3.05, 3.63) is 23.8 Å². The Morgan fingerprint density at radius 3 is 2.46 bits per heavy atom. The Balaban J connectivity index is 2.82. The van der Waals surface area contributed by atoms with E-state index < -0.39 is 0 Å². The predicted molar refractivity (Wildman–Crippen MR) is 103 cm³/mol. The predicted octanol–water partition coefficient (Wildman–Crippen LogP) is 2.13. The van der Waals surface area contributed by atoms with Gasteiger partial charge in [0.25, 0.3) is 5.91 Å². The summed E-state index contributed by atoms with van der Waals surface area (Å²) in [4.78, 5) is 26.3. The second-order valence-electron chi connectivity index (χ2n) is 5.74. The molecule has 0 unspecified atom stereocenters. The number of ether oxygens (including phenoxy) is 2. The normalized spacial score (nSPS) is 10.7. The van der Waals surface area contributed by atoms with Gasteiger partial charge in [-0.25, -0.2) is 0 Å². The molecular formula is C19H31N3O4. The van der Waals surface area contributed by atoms with Gasteiger partial charge in [-0.05, 0) is 25.2 Å². The van der Waals surface area contributed by atoms with Gasteiger partial charge in [-0.3, -0.25) is 9.59 Å². The Bertz CT molecular complexity index is 574. The molecule has 0 aliphatic rings. The summed E-state index contributed by atoms with van der Waals surface area (Å²) in [5.41, 5.74) is 1.04. The first kappa shape index (κ1) is 21.9. The minimum atomic E-state index is -0.196. The van der Waals surface area contributed by atoms with E-state index in [1.54, 1.807) is 32.2 Å². The van der Waals surface area contributed by atoms with E-state index >= 15 is 0 Å². The number of rotatable bonds is 12. The van der Waals surface area contributed by atoms with Crippen LogP contribution in [0.4, 0.5) is 5.69 Å². The first-order chi connectivity index (χ1) is 12.5.